The maximum absolute atomic E-state index is 12.5. The Balaban J connectivity index is 1.59. The molecule has 30 heavy (non-hydrogen) atoms. The number of amides is 1. The van der Waals surface area contributed by atoms with Crippen molar-refractivity contribution in [3.05, 3.63) is 53.6 Å². The van der Waals surface area contributed by atoms with Gasteiger partial charge in [-0.3, -0.25) is 14.5 Å². The lowest BCUT2D eigenvalue weighted by molar-refractivity contribution is -0.119. The summed E-state index contributed by atoms with van der Waals surface area (Å²) in [5.41, 5.74) is 0.953. The fraction of sp³-hybridized carbons (Fsp3) is 0.250. The van der Waals surface area contributed by atoms with E-state index in [0.29, 0.717) is 24.4 Å². The first-order chi connectivity index (χ1) is 14.2. The predicted octanol–water partition coefficient (Wildman–Crippen LogP) is 1.97. The maximum Gasteiger partial charge on any atom is 0.338 e. The standard InChI is InChI=1S/C20H21N3O6S/c1-13-7-8-14(10-17(13)24)20(26)29-12-19(25)22-15-4-2-5-16(11-15)30(27,28)23-18-6-3-9-21-18/h2,4-5,7-8,10-11,24H,3,6,9,12H2,1H3,(H,21,23)(H,22,25). The van der Waals surface area contributed by atoms with E-state index in [1.54, 1.807) is 13.0 Å². The van der Waals surface area contributed by atoms with Crippen molar-refractivity contribution in [2.45, 2.75) is 24.7 Å². The van der Waals surface area contributed by atoms with Crippen LogP contribution in [0.5, 0.6) is 5.75 Å². The average Bonchev–Trinajstić information content (AvgIpc) is 3.21. The van der Waals surface area contributed by atoms with Crippen molar-refractivity contribution < 1.29 is 27.9 Å². The predicted molar refractivity (Wildman–Crippen MR) is 110 cm³/mol. The largest absolute Gasteiger partial charge is 0.508 e. The minimum absolute atomic E-state index is 0.0259. The zero-order valence-corrected chi connectivity index (χ0v) is 17.0. The fourth-order valence-corrected chi connectivity index (χ4v) is 3.86. The number of carbonyl (C=O) groups is 2. The van der Waals surface area contributed by atoms with Crippen molar-refractivity contribution in [3.8, 4) is 5.75 Å². The lowest BCUT2D eigenvalue weighted by atomic mass is 10.1. The number of sulfonamides is 1. The van der Waals surface area contributed by atoms with Crippen LogP contribution in [0, 0.1) is 6.92 Å². The van der Waals surface area contributed by atoms with Gasteiger partial charge in [0.05, 0.1) is 10.5 Å². The summed E-state index contributed by atoms with van der Waals surface area (Å²) in [6.45, 7) is 1.71. The molecule has 0 bridgehead atoms. The SMILES string of the molecule is Cc1ccc(C(=O)OCC(=O)Nc2cccc(S(=O)(=O)NC3=NCCC3)c2)cc1O. The highest BCUT2D eigenvalue weighted by Crippen LogP contribution is 2.19. The first kappa shape index (κ1) is 21.3. The van der Waals surface area contributed by atoms with Crippen LogP contribution in [0.25, 0.3) is 0 Å². The number of aryl methyl sites for hydroxylation is 1. The highest BCUT2D eigenvalue weighted by atomic mass is 32.2. The third-order valence-electron chi connectivity index (χ3n) is 4.33. The first-order valence-corrected chi connectivity index (χ1v) is 10.7. The molecule has 1 amide bonds. The second-order valence-corrected chi connectivity index (χ2v) is 8.37. The van der Waals surface area contributed by atoms with Crippen molar-refractivity contribution >= 4 is 33.4 Å². The molecule has 2 aromatic carbocycles. The number of phenols is 1. The van der Waals surface area contributed by atoms with Crippen molar-refractivity contribution in [3.63, 3.8) is 0 Å². The second-order valence-electron chi connectivity index (χ2n) is 6.69. The van der Waals surface area contributed by atoms with E-state index in [1.165, 1.54) is 36.4 Å². The van der Waals surface area contributed by atoms with Crippen molar-refractivity contribution in [1.29, 1.82) is 0 Å². The minimum atomic E-state index is -3.81. The lowest BCUT2D eigenvalue weighted by Crippen LogP contribution is -2.29. The van der Waals surface area contributed by atoms with Crippen LogP contribution in [0.2, 0.25) is 0 Å². The molecule has 10 heteroatoms. The number of anilines is 1. The molecular formula is C20H21N3O6S. The number of benzene rings is 2. The van der Waals surface area contributed by atoms with Crippen LogP contribution in [0.1, 0.15) is 28.8 Å². The summed E-state index contributed by atoms with van der Waals surface area (Å²) in [7, 11) is -3.81. The normalized spacial score (nSPS) is 13.4. The molecule has 1 heterocycles. The Morgan fingerprint density at radius 1 is 1.20 bits per heavy atom. The summed E-state index contributed by atoms with van der Waals surface area (Å²) in [6, 6.07) is 10.00. The van der Waals surface area contributed by atoms with Gasteiger partial charge in [-0.25, -0.2) is 13.2 Å². The topological polar surface area (TPSA) is 134 Å². The van der Waals surface area contributed by atoms with E-state index in [-0.39, 0.29) is 21.9 Å². The Kier molecular flexibility index (Phi) is 6.36. The highest BCUT2D eigenvalue weighted by molar-refractivity contribution is 7.90. The molecule has 1 aliphatic heterocycles. The zero-order valence-electron chi connectivity index (χ0n) is 16.2. The van der Waals surface area contributed by atoms with Gasteiger partial charge in [-0.1, -0.05) is 12.1 Å². The Bertz CT molecular complexity index is 1110. The molecule has 0 radical (unpaired) electrons. The van der Waals surface area contributed by atoms with Gasteiger partial charge >= 0.3 is 5.97 Å². The number of nitrogens with zero attached hydrogens (tertiary/aromatic N) is 1. The molecule has 158 valence electrons. The summed E-state index contributed by atoms with van der Waals surface area (Å²) in [6.07, 6.45) is 1.37. The van der Waals surface area contributed by atoms with Gasteiger partial charge in [0.25, 0.3) is 15.9 Å². The minimum Gasteiger partial charge on any atom is -0.508 e. The van der Waals surface area contributed by atoms with Crippen LogP contribution >= 0.6 is 0 Å². The molecule has 1 aliphatic rings. The van der Waals surface area contributed by atoms with Crippen LogP contribution in [-0.2, 0) is 19.6 Å². The number of hydrogen-bond donors (Lipinski definition) is 3. The van der Waals surface area contributed by atoms with E-state index in [9.17, 15) is 23.1 Å². The van der Waals surface area contributed by atoms with Gasteiger partial charge in [-0.05, 0) is 49.2 Å². The van der Waals surface area contributed by atoms with Gasteiger partial charge in [-0.2, -0.15) is 0 Å². The number of amidine groups is 1. The Morgan fingerprint density at radius 3 is 2.70 bits per heavy atom. The number of nitrogens with one attached hydrogen (secondary N) is 2. The first-order valence-electron chi connectivity index (χ1n) is 9.17. The van der Waals surface area contributed by atoms with Crippen LogP contribution in [0.15, 0.2) is 52.4 Å². The molecule has 0 saturated carbocycles. The number of phenolic OH excluding ortho intramolecular Hbond substituents is 1. The van der Waals surface area contributed by atoms with Gasteiger partial charge in [0, 0.05) is 18.7 Å². The van der Waals surface area contributed by atoms with Gasteiger partial charge in [-0.15, -0.1) is 0 Å². The second kappa shape index (κ2) is 8.95. The van der Waals surface area contributed by atoms with Crippen molar-refractivity contribution in [2.24, 2.45) is 4.99 Å². The molecule has 0 atom stereocenters. The summed E-state index contributed by atoms with van der Waals surface area (Å²) in [5.74, 6) is -1.04. The molecule has 0 unspecified atom stereocenters. The molecule has 0 aromatic heterocycles. The smallest absolute Gasteiger partial charge is 0.338 e. The zero-order chi connectivity index (χ0) is 21.7. The maximum atomic E-state index is 12.5. The van der Waals surface area contributed by atoms with E-state index >= 15 is 0 Å². The molecular weight excluding hydrogens is 410 g/mol. The molecule has 0 saturated heterocycles. The van der Waals surface area contributed by atoms with Gasteiger partial charge in [0.2, 0.25) is 0 Å². The number of aromatic hydroxyl groups is 1. The third kappa shape index (κ3) is 5.35. The molecule has 2 aromatic rings. The number of carbonyl (C=O) groups excluding carboxylic acids is 2. The summed E-state index contributed by atoms with van der Waals surface area (Å²) >= 11 is 0. The Hall–Kier alpha value is -3.40. The quantitative estimate of drug-likeness (QED) is 0.599. The van der Waals surface area contributed by atoms with E-state index in [0.717, 1.165) is 6.42 Å². The number of hydrogen-bond acceptors (Lipinski definition) is 7. The Labute approximate surface area is 173 Å². The van der Waals surface area contributed by atoms with Crippen molar-refractivity contribution in [2.75, 3.05) is 18.5 Å². The molecule has 0 fully saturated rings. The molecule has 0 spiro atoms. The average molecular weight is 431 g/mol. The molecule has 9 nitrogen and oxygen atoms in total. The van der Waals surface area contributed by atoms with E-state index in [1.807, 2.05) is 0 Å². The molecule has 3 N–H and O–H groups in total. The van der Waals surface area contributed by atoms with Crippen LogP contribution in [0.3, 0.4) is 0 Å². The number of esters is 1. The van der Waals surface area contributed by atoms with Crippen LogP contribution < -0.4 is 10.0 Å². The molecule has 0 aliphatic carbocycles. The summed E-state index contributed by atoms with van der Waals surface area (Å²) in [4.78, 5) is 28.2. The van der Waals surface area contributed by atoms with Crippen molar-refractivity contribution in [1.82, 2.24) is 4.72 Å². The lowest BCUT2D eigenvalue weighted by Gasteiger charge is -2.10. The fourth-order valence-electron chi connectivity index (χ4n) is 2.73. The van der Waals surface area contributed by atoms with Crippen LogP contribution in [-0.4, -0.2) is 44.4 Å². The van der Waals surface area contributed by atoms with Gasteiger partial charge in [0.15, 0.2) is 6.61 Å². The summed E-state index contributed by atoms with van der Waals surface area (Å²) in [5, 5.41) is 12.1. The van der Waals surface area contributed by atoms with Gasteiger partial charge < -0.3 is 15.2 Å². The molecule has 3 rings (SSSR count). The van der Waals surface area contributed by atoms with E-state index < -0.39 is 28.5 Å². The van der Waals surface area contributed by atoms with E-state index in [2.05, 4.69) is 15.0 Å². The number of aliphatic imine (C=N–C) groups is 1. The van der Waals surface area contributed by atoms with Crippen LogP contribution in [0.4, 0.5) is 5.69 Å². The monoisotopic (exact) mass is 431 g/mol. The van der Waals surface area contributed by atoms with Gasteiger partial charge in [0.1, 0.15) is 11.6 Å². The third-order valence-corrected chi connectivity index (χ3v) is 5.71. The Morgan fingerprint density at radius 2 is 2.00 bits per heavy atom. The van der Waals surface area contributed by atoms with E-state index in [4.69, 9.17) is 4.74 Å². The number of ether oxygens (including phenoxy) is 1. The highest BCUT2D eigenvalue weighted by Gasteiger charge is 2.19. The number of rotatable bonds is 6. The summed E-state index contributed by atoms with van der Waals surface area (Å²) < 4.78 is 32.3.